The van der Waals surface area contributed by atoms with Crippen molar-refractivity contribution in [2.75, 3.05) is 26.7 Å². The molecule has 0 heterocycles. The van der Waals surface area contributed by atoms with Crippen LogP contribution in [0.3, 0.4) is 0 Å². The van der Waals surface area contributed by atoms with E-state index in [1.807, 2.05) is 6.92 Å². The SMILES string of the molecule is CCNCCNC(=O)c1ccc(OC)c(S(=O)(=O)NC(C)C)c1.Cl. The molecule has 0 aliphatic rings. The van der Waals surface area contributed by atoms with Gasteiger partial charge < -0.3 is 15.4 Å². The summed E-state index contributed by atoms with van der Waals surface area (Å²) in [6.07, 6.45) is 0. The van der Waals surface area contributed by atoms with Crippen LogP contribution in [0.1, 0.15) is 31.1 Å². The van der Waals surface area contributed by atoms with Gasteiger partial charge in [-0.15, -0.1) is 12.4 Å². The summed E-state index contributed by atoms with van der Waals surface area (Å²) < 4.78 is 32.3. The summed E-state index contributed by atoms with van der Waals surface area (Å²) in [5, 5.41) is 5.82. The number of sulfonamides is 1. The van der Waals surface area contributed by atoms with Gasteiger partial charge in [0, 0.05) is 24.7 Å². The molecule has 138 valence electrons. The predicted molar refractivity (Wildman–Crippen MR) is 96.6 cm³/mol. The molecule has 0 radical (unpaired) electrons. The molecular formula is C15H26ClN3O4S. The average Bonchev–Trinajstić information content (AvgIpc) is 2.49. The second-order valence-electron chi connectivity index (χ2n) is 5.25. The second-order valence-corrected chi connectivity index (χ2v) is 6.93. The number of ether oxygens (including phenoxy) is 1. The zero-order valence-electron chi connectivity index (χ0n) is 14.4. The molecule has 1 aromatic rings. The van der Waals surface area contributed by atoms with E-state index in [1.54, 1.807) is 13.8 Å². The number of hydrogen-bond donors (Lipinski definition) is 3. The molecular weight excluding hydrogens is 354 g/mol. The number of halogens is 1. The van der Waals surface area contributed by atoms with Crippen LogP contribution in [0.2, 0.25) is 0 Å². The Bertz CT molecular complexity index is 636. The van der Waals surface area contributed by atoms with Crippen LogP contribution in [0.25, 0.3) is 0 Å². The fourth-order valence-electron chi connectivity index (χ4n) is 1.94. The van der Waals surface area contributed by atoms with Gasteiger partial charge in [0.1, 0.15) is 10.6 Å². The lowest BCUT2D eigenvalue weighted by molar-refractivity contribution is 0.0953. The third-order valence-corrected chi connectivity index (χ3v) is 4.62. The number of hydrogen-bond acceptors (Lipinski definition) is 5. The maximum absolute atomic E-state index is 12.4. The van der Waals surface area contributed by atoms with Crippen LogP contribution in [0, 0.1) is 0 Å². The minimum Gasteiger partial charge on any atom is -0.495 e. The first kappa shape index (κ1) is 22.6. The first-order chi connectivity index (χ1) is 10.8. The van der Waals surface area contributed by atoms with Crippen LogP contribution >= 0.6 is 12.4 Å². The number of likely N-dealkylation sites (N-methyl/N-ethyl adjacent to an activating group) is 1. The van der Waals surface area contributed by atoms with Crippen LogP contribution in [-0.4, -0.2) is 47.1 Å². The van der Waals surface area contributed by atoms with Gasteiger partial charge in [-0.05, 0) is 38.6 Å². The van der Waals surface area contributed by atoms with E-state index in [9.17, 15) is 13.2 Å². The first-order valence-electron chi connectivity index (χ1n) is 7.51. The Morgan fingerprint density at radius 3 is 2.46 bits per heavy atom. The summed E-state index contributed by atoms with van der Waals surface area (Å²) in [5.74, 6) is -0.131. The monoisotopic (exact) mass is 379 g/mol. The van der Waals surface area contributed by atoms with Crippen molar-refractivity contribution >= 4 is 28.3 Å². The van der Waals surface area contributed by atoms with E-state index in [0.29, 0.717) is 13.1 Å². The van der Waals surface area contributed by atoms with Crippen molar-refractivity contribution in [3.8, 4) is 5.75 Å². The first-order valence-corrected chi connectivity index (χ1v) is 8.99. The van der Waals surface area contributed by atoms with E-state index in [0.717, 1.165) is 6.54 Å². The Balaban J connectivity index is 0.00000529. The zero-order valence-corrected chi connectivity index (χ0v) is 16.0. The molecule has 0 bridgehead atoms. The number of nitrogens with one attached hydrogen (secondary N) is 3. The predicted octanol–water partition coefficient (Wildman–Crippen LogP) is 1.14. The third kappa shape index (κ3) is 6.64. The molecule has 0 saturated heterocycles. The molecule has 0 fully saturated rings. The Kier molecular flexibility index (Phi) is 9.91. The summed E-state index contributed by atoms with van der Waals surface area (Å²) in [5.41, 5.74) is 0.270. The quantitative estimate of drug-likeness (QED) is 0.559. The molecule has 9 heteroatoms. The average molecular weight is 380 g/mol. The number of methoxy groups -OCH3 is 1. The van der Waals surface area contributed by atoms with E-state index >= 15 is 0 Å². The maximum atomic E-state index is 12.4. The van der Waals surface area contributed by atoms with Crippen molar-refractivity contribution in [2.45, 2.75) is 31.7 Å². The molecule has 1 aromatic carbocycles. The second kappa shape index (κ2) is 10.5. The van der Waals surface area contributed by atoms with Gasteiger partial charge in [-0.1, -0.05) is 6.92 Å². The van der Waals surface area contributed by atoms with Crippen molar-refractivity contribution in [1.82, 2.24) is 15.4 Å². The molecule has 1 amide bonds. The Morgan fingerprint density at radius 2 is 1.92 bits per heavy atom. The van der Waals surface area contributed by atoms with Gasteiger partial charge in [-0.3, -0.25) is 4.79 Å². The van der Waals surface area contributed by atoms with E-state index in [1.165, 1.54) is 25.3 Å². The van der Waals surface area contributed by atoms with Crippen LogP contribution in [0.5, 0.6) is 5.75 Å². The number of benzene rings is 1. The molecule has 24 heavy (non-hydrogen) atoms. The fourth-order valence-corrected chi connectivity index (χ4v) is 3.39. The largest absolute Gasteiger partial charge is 0.495 e. The van der Waals surface area contributed by atoms with Gasteiger partial charge in [-0.2, -0.15) is 0 Å². The van der Waals surface area contributed by atoms with Gasteiger partial charge in [0.15, 0.2) is 0 Å². The van der Waals surface area contributed by atoms with E-state index in [4.69, 9.17) is 4.74 Å². The van der Waals surface area contributed by atoms with Gasteiger partial charge in [-0.25, -0.2) is 13.1 Å². The molecule has 0 saturated carbocycles. The standard InChI is InChI=1S/C15H25N3O4S.ClH/c1-5-16-8-9-17-15(19)12-6-7-13(22-4)14(10-12)23(20,21)18-11(2)3;/h6-7,10-11,16,18H,5,8-9H2,1-4H3,(H,17,19);1H. The van der Waals surface area contributed by atoms with Crippen molar-refractivity contribution in [2.24, 2.45) is 0 Å². The molecule has 3 N–H and O–H groups in total. The number of carbonyl (C=O) groups excluding carboxylic acids is 1. The highest BCUT2D eigenvalue weighted by Gasteiger charge is 2.22. The number of rotatable bonds is 9. The smallest absolute Gasteiger partial charge is 0.251 e. The third-order valence-electron chi connectivity index (χ3n) is 2.94. The lowest BCUT2D eigenvalue weighted by Gasteiger charge is -2.14. The van der Waals surface area contributed by atoms with Crippen molar-refractivity contribution < 1.29 is 17.9 Å². The zero-order chi connectivity index (χ0) is 17.5. The fraction of sp³-hybridized carbons (Fsp3) is 0.533. The molecule has 0 aliphatic heterocycles. The Morgan fingerprint density at radius 1 is 1.25 bits per heavy atom. The highest BCUT2D eigenvalue weighted by atomic mass is 35.5. The Labute approximate surface area is 150 Å². The lowest BCUT2D eigenvalue weighted by Crippen LogP contribution is -2.32. The maximum Gasteiger partial charge on any atom is 0.251 e. The summed E-state index contributed by atoms with van der Waals surface area (Å²) in [7, 11) is -2.37. The summed E-state index contributed by atoms with van der Waals surface area (Å²) in [4.78, 5) is 12.1. The van der Waals surface area contributed by atoms with Gasteiger partial charge >= 0.3 is 0 Å². The molecule has 0 unspecified atom stereocenters. The van der Waals surface area contributed by atoms with Crippen molar-refractivity contribution in [3.05, 3.63) is 23.8 Å². The van der Waals surface area contributed by atoms with E-state index in [2.05, 4.69) is 15.4 Å². The topological polar surface area (TPSA) is 96.5 Å². The molecule has 0 spiro atoms. The van der Waals surface area contributed by atoms with Crippen molar-refractivity contribution in [3.63, 3.8) is 0 Å². The molecule has 1 rings (SSSR count). The number of carbonyl (C=O) groups is 1. The van der Waals surface area contributed by atoms with Crippen molar-refractivity contribution in [1.29, 1.82) is 0 Å². The summed E-state index contributed by atoms with van der Waals surface area (Å²) in [6.45, 7) is 7.36. The minimum absolute atomic E-state index is 0. The molecule has 7 nitrogen and oxygen atoms in total. The normalized spacial score (nSPS) is 11.0. The van der Waals surface area contributed by atoms with E-state index in [-0.39, 0.29) is 40.6 Å². The minimum atomic E-state index is -3.75. The van der Waals surface area contributed by atoms with Gasteiger partial charge in [0.05, 0.1) is 7.11 Å². The summed E-state index contributed by atoms with van der Waals surface area (Å²) >= 11 is 0. The van der Waals surface area contributed by atoms with Crippen LogP contribution in [0.4, 0.5) is 0 Å². The van der Waals surface area contributed by atoms with Gasteiger partial charge in [0.2, 0.25) is 10.0 Å². The summed E-state index contributed by atoms with van der Waals surface area (Å²) in [6, 6.07) is 4.08. The van der Waals surface area contributed by atoms with Crippen LogP contribution < -0.4 is 20.1 Å². The molecule has 0 aromatic heterocycles. The Hall–Kier alpha value is -1.35. The molecule has 0 atom stereocenters. The molecule has 0 aliphatic carbocycles. The number of amides is 1. The lowest BCUT2D eigenvalue weighted by atomic mass is 10.2. The van der Waals surface area contributed by atoms with Crippen LogP contribution in [0.15, 0.2) is 23.1 Å². The highest BCUT2D eigenvalue weighted by Crippen LogP contribution is 2.25. The van der Waals surface area contributed by atoms with Gasteiger partial charge in [0.25, 0.3) is 5.91 Å². The van der Waals surface area contributed by atoms with Crippen LogP contribution in [-0.2, 0) is 10.0 Å². The van der Waals surface area contributed by atoms with E-state index < -0.39 is 10.0 Å². The highest BCUT2D eigenvalue weighted by molar-refractivity contribution is 7.89.